The van der Waals surface area contributed by atoms with Gasteiger partial charge in [0.1, 0.15) is 5.15 Å². The first kappa shape index (κ1) is 14.0. The highest BCUT2D eigenvalue weighted by molar-refractivity contribution is 6.29. The van der Waals surface area contributed by atoms with Crippen molar-refractivity contribution in [3.63, 3.8) is 0 Å². The van der Waals surface area contributed by atoms with Crippen LogP contribution in [0.1, 0.15) is 15.9 Å². The van der Waals surface area contributed by atoms with Gasteiger partial charge < -0.3 is 5.32 Å². The zero-order valence-electron chi connectivity index (χ0n) is 10.5. The number of amides is 1. The van der Waals surface area contributed by atoms with Crippen molar-refractivity contribution in [2.45, 2.75) is 6.92 Å². The third kappa shape index (κ3) is 2.92. The molecule has 1 aromatic heterocycles. The second-order valence-corrected chi connectivity index (χ2v) is 4.42. The number of nitrogens with zero attached hydrogens (tertiary/aromatic N) is 2. The Morgan fingerprint density at radius 1 is 1.40 bits per heavy atom. The van der Waals surface area contributed by atoms with Crippen molar-refractivity contribution in [2.75, 3.05) is 5.32 Å². The third-order valence-electron chi connectivity index (χ3n) is 2.74. The molecule has 1 aromatic carbocycles. The van der Waals surface area contributed by atoms with Crippen molar-refractivity contribution < 1.29 is 9.72 Å². The van der Waals surface area contributed by atoms with Crippen molar-refractivity contribution in [1.29, 1.82) is 0 Å². The molecule has 0 radical (unpaired) electrons. The summed E-state index contributed by atoms with van der Waals surface area (Å²) in [5, 5.41) is 13.7. The minimum atomic E-state index is -0.492. The number of hydrogen-bond acceptors (Lipinski definition) is 4. The van der Waals surface area contributed by atoms with E-state index < -0.39 is 10.8 Å². The van der Waals surface area contributed by atoms with Gasteiger partial charge in [0.05, 0.1) is 16.2 Å². The third-order valence-corrected chi connectivity index (χ3v) is 2.95. The molecule has 0 atom stereocenters. The molecule has 0 spiro atoms. The number of carbonyl (C=O) groups excluding carboxylic acids is 1. The number of anilines is 1. The maximum absolute atomic E-state index is 12.0. The lowest BCUT2D eigenvalue weighted by atomic mass is 10.1. The maximum Gasteiger partial charge on any atom is 0.274 e. The highest BCUT2D eigenvalue weighted by Crippen LogP contribution is 2.25. The fourth-order valence-electron chi connectivity index (χ4n) is 1.69. The van der Waals surface area contributed by atoms with Crippen molar-refractivity contribution in [3.8, 4) is 0 Å². The molecule has 0 unspecified atom stereocenters. The number of rotatable bonds is 3. The van der Waals surface area contributed by atoms with Gasteiger partial charge in [0.2, 0.25) is 0 Å². The Morgan fingerprint density at radius 3 is 2.80 bits per heavy atom. The molecule has 0 fully saturated rings. The molecule has 102 valence electrons. The van der Waals surface area contributed by atoms with Crippen LogP contribution in [0.15, 0.2) is 36.5 Å². The number of nitro benzene ring substituents is 1. The smallest absolute Gasteiger partial charge is 0.274 e. The van der Waals surface area contributed by atoms with E-state index >= 15 is 0 Å². The molecule has 1 amide bonds. The van der Waals surface area contributed by atoms with E-state index in [2.05, 4.69) is 10.3 Å². The molecule has 1 heterocycles. The number of benzene rings is 1. The quantitative estimate of drug-likeness (QED) is 0.534. The number of pyridine rings is 1. The number of nitro groups is 1. The fourth-order valence-corrected chi connectivity index (χ4v) is 1.87. The van der Waals surface area contributed by atoms with Gasteiger partial charge in [-0.2, -0.15) is 0 Å². The molecule has 2 aromatic rings. The summed E-state index contributed by atoms with van der Waals surface area (Å²) >= 11 is 5.71. The van der Waals surface area contributed by atoms with Crippen LogP contribution in [-0.2, 0) is 0 Å². The van der Waals surface area contributed by atoms with Gasteiger partial charge in [0.15, 0.2) is 0 Å². The lowest BCUT2D eigenvalue weighted by molar-refractivity contribution is -0.385. The second kappa shape index (κ2) is 5.66. The van der Waals surface area contributed by atoms with Gasteiger partial charge in [-0.15, -0.1) is 0 Å². The van der Waals surface area contributed by atoms with Gasteiger partial charge in [-0.25, -0.2) is 4.98 Å². The number of aromatic nitrogens is 1. The maximum atomic E-state index is 12.0. The molecule has 1 N–H and O–H groups in total. The SMILES string of the molecule is Cc1c(NC(=O)c2ccnc(Cl)c2)cccc1[N+](=O)[O-]. The highest BCUT2D eigenvalue weighted by Gasteiger charge is 2.15. The number of nitrogens with one attached hydrogen (secondary N) is 1. The van der Waals surface area contributed by atoms with Crippen LogP contribution < -0.4 is 5.32 Å². The lowest BCUT2D eigenvalue weighted by Gasteiger charge is -2.08. The van der Waals surface area contributed by atoms with Crippen LogP contribution >= 0.6 is 11.6 Å². The average molecular weight is 292 g/mol. The van der Waals surface area contributed by atoms with E-state index in [1.165, 1.54) is 30.5 Å². The molecular formula is C13H10ClN3O3. The highest BCUT2D eigenvalue weighted by atomic mass is 35.5. The normalized spacial score (nSPS) is 10.1. The monoisotopic (exact) mass is 291 g/mol. The molecule has 0 aliphatic carbocycles. The summed E-state index contributed by atoms with van der Waals surface area (Å²) in [5.41, 5.74) is 1.06. The summed E-state index contributed by atoms with van der Waals surface area (Å²) in [5.74, 6) is -0.405. The van der Waals surface area contributed by atoms with E-state index in [1.54, 1.807) is 13.0 Å². The Hall–Kier alpha value is -2.47. The summed E-state index contributed by atoms with van der Waals surface area (Å²) in [4.78, 5) is 26.2. The Kier molecular flexibility index (Phi) is 3.95. The van der Waals surface area contributed by atoms with Crippen LogP contribution in [0.3, 0.4) is 0 Å². The van der Waals surface area contributed by atoms with Crippen molar-refractivity contribution in [3.05, 3.63) is 62.9 Å². The van der Waals surface area contributed by atoms with Gasteiger partial charge >= 0.3 is 0 Å². The van der Waals surface area contributed by atoms with Crippen LogP contribution in [0.4, 0.5) is 11.4 Å². The minimum Gasteiger partial charge on any atom is -0.321 e. The number of halogens is 1. The zero-order chi connectivity index (χ0) is 14.7. The Balaban J connectivity index is 2.29. The van der Waals surface area contributed by atoms with Crippen molar-refractivity contribution >= 4 is 28.9 Å². The van der Waals surface area contributed by atoms with Gasteiger partial charge in [-0.3, -0.25) is 14.9 Å². The van der Waals surface area contributed by atoms with E-state index in [9.17, 15) is 14.9 Å². The van der Waals surface area contributed by atoms with Gasteiger partial charge in [0, 0.05) is 17.8 Å². The van der Waals surface area contributed by atoms with Crippen LogP contribution in [0.5, 0.6) is 0 Å². The molecule has 0 bridgehead atoms. The molecule has 7 heteroatoms. The molecule has 0 saturated carbocycles. The van der Waals surface area contributed by atoms with Gasteiger partial charge in [0.25, 0.3) is 11.6 Å². The van der Waals surface area contributed by atoms with Crippen molar-refractivity contribution in [1.82, 2.24) is 4.98 Å². The first-order valence-corrected chi connectivity index (χ1v) is 6.04. The summed E-state index contributed by atoms with van der Waals surface area (Å²) in [6, 6.07) is 7.43. The largest absolute Gasteiger partial charge is 0.321 e. The van der Waals surface area contributed by atoms with Crippen molar-refractivity contribution in [2.24, 2.45) is 0 Å². The van der Waals surface area contributed by atoms with Crippen LogP contribution in [0.25, 0.3) is 0 Å². The van der Waals surface area contributed by atoms with E-state index in [4.69, 9.17) is 11.6 Å². The zero-order valence-corrected chi connectivity index (χ0v) is 11.2. The summed E-state index contributed by atoms with van der Waals surface area (Å²) in [6.07, 6.45) is 1.41. The minimum absolute atomic E-state index is 0.0458. The number of hydrogen-bond donors (Lipinski definition) is 1. The standard InChI is InChI=1S/C13H10ClN3O3/c1-8-10(3-2-4-11(8)17(19)20)16-13(18)9-5-6-15-12(14)7-9/h2-7H,1H3,(H,16,18). The summed E-state index contributed by atoms with van der Waals surface area (Å²) in [6.45, 7) is 1.58. The molecule has 0 aliphatic rings. The molecule has 0 aliphatic heterocycles. The van der Waals surface area contributed by atoms with Crippen LogP contribution in [0.2, 0.25) is 5.15 Å². The second-order valence-electron chi connectivity index (χ2n) is 4.03. The van der Waals surface area contributed by atoms with Crippen LogP contribution in [-0.4, -0.2) is 15.8 Å². The predicted molar refractivity (Wildman–Crippen MR) is 75.0 cm³/mol. The van der Waals surface area contributed by atoms with E-state index in [1.807, 2.05) is 0 Å². The molecule has 20 heavy (non-hydrogen) atoms. The first-order chi connectivity index (χ1) is 9.49. The van der Waals surface area contributed by atoms with Crippen LogP contribution in [0, 0.1) is 17.0 Å². The van der Waals surface area contributed by atoms with Gasteiger partial charge in [-0.1, -0.05) is 17.7 Å². The molecule has 2 rings (SSSR count). The van der Waals surface area contributed by atoms with E-state index in [0.717, 1.165) is 0 Å². The summed E-state index contributed by atoms with van der Waals surface area (Å²) in [7, 11) is 0. The first-order valence-electron chi connectivity index (χ1n) is 5.66. The topological polar surface area (TPSA) is 85.1 Å². The van der Waals surface area contributed by atoms with E-state index in [0.29, 0.717) is 16.8 Å². The Morgan fingerprint density at radius 2 is 2.15 bits per heavy atom. The molecule has 0 saturated heterocycles. The summed E-state index contributed by atoms with van der Waals surface area (Å²) < 4.78 is 0. The Bertz CT molecular complexity index is 688. The lowest BCUT2D eigenvalue weighted by Crippen LogP contribution is -2.13. The predicted octanol–water partition coefficient (Wildman–Crippen LogP) is 3.20. The average Bonchev–Trinajstić information content (AvgIpc) is 2.40. The van der Waals surface area contributed by atoms with Gasteiger partial charge in [-0.05, 0) is 25.1 Å². The fraction of sp³-hybridized carbons (Fsp3) is 0.0769. The molecular weight excluding hydrogens is 282 g/mol. The number of carbonyl (C=O) groups is 1. The van der Waals surface area contributed by atoms with E-state index in [-0.39, 0.29) is 10.8 Å². The molecule has 6 nitrogen and oxygen atoms in total. The Labute approximate surface area is 119 Å².